The maximum Gasteiger partial charge on any atom is 0.224 e. The van der Waals surface area contributed by atoms with Crippen molar-refractivity contribution >= 4 is 17.6 Å². The molecule has 2 aliphatic heterocycles. The first-order valence-electron chi connectivity index (χ1n) is 11.5. The van der Waals surface area contributed by atoms with E-state index in [1.165, 1.54) is 12.1 Å². The van der Waals surface area contributed by atoms with Crippen molar-refractivity contribution in [2.45, 2.75) is 39.2 Å². The van der Waals surface area contributed by atoms with Crippen LogP contribution in [0.2, 0.25) is 0 Å². The van der Waals surface area contributed by atoms with Crippen LogP contribution >= 0.6 is 0 Å². The molecule has 0 aromatic heterocycles. The minimum atomic E-state index is -0.228. The number of benzene rings is 1. The average Bonchev–Trinajstić information content (AvgIpc) is 2.80. The van der Waals surface area contributed by atoms with Gasteiger partial charge in [-0.25, -0.2) is 4.39 Å². The van der Waals surface area contributed by atoms with E-state index in [9.17, 15) is 9.18 Å². The van der Waals surface area contributed by atoms with Crippen LogP contribution in [0.5, 0.6) is 0 Å². The highest BCUT2D eigenvalue weighted by Crippen LogP contribution is 2.17. The molecule has 0 unspecified atom stereocenters. The maximum atomic E-state index is 13.1. The highest BCUT2D eigenvalue weighted by atomic mass is 19.1. The number of nitrogens with zero attached hydrogens (tertiary/aromatic N) is 4. The Balaban J connectivity index is 1.43. The second kappa shape index (κ2) is 11.9. The second-order valence-corrected chi connectivity index (χ2v) is 7.97. The minimum absolute atomic E-state index is 0.147. The molecule has 3 rings (SSSR count). The van der Waals surface area contributed by atoms with Gasteiger partial charge in [0, 0.05) is 64.5 Å². The molecule has 2 fully saturated rings. The van der Waals surface area contributed by atoms with Crippen molar-refractivity contribution in [3.8, 4) is 0 Å². The summed E-state index contributed by atoms with van der Waals surface area (Å²) in [4.78, 5) is 23.7. The first-order chi connectivity index (χ1) is 15.1. The summed E-state index contributed by atoms with van der Waals surface area (Å²) in [6, 6.07) is 6.54. The topological polar surface area (TPSA) is 60.4 Å². The van der Waals surface area contributed by atoms with E-state index in [1.807, 2.05) is 11.8 Å². The largest absolute Gasteiger partial charge is 0.378 e. The average molecular weight is 434 g/mol. The lowest BCUT2D eigenvalue weighted by molar-refractivity contribution is -0.131. The van der Waals surface area contributed by atoms with Crippen molar-refractivity contribution in [3.63, 3.8) is 0 Å². The third-order valence-corrected chi connectivity index (χ3v) is 5.89. The van der Waals surface area contributed by atoms with E-state index in [1.54, 1.807) is 12.1 Å². The Morgan fingerprint density at radius 3 is 2.35 bits per heavy atom. The molecule has 2 saturated heterocycles. The molecule has 0 radical (unpaired) electrons. The highest BCUT2D eigenvalue weighted by molar-refractivity contribution is 5.81. The number of likely N-dealkylation sites (tertiary alicyclic amines) is 1. The van der Waals surface area contributed by atoms with Crippen LogP contribution in [0.15, 0.2) is 29.3 Å². The minimum Gasteiger partial charge on any atom is -0.378 e. The summed E-state index contributed by atoms with van der Waals surface area (Å²) >= 11 is 0. The van der Waals surface area contributed by atoms with Gasteiger partial charge >= 0.3 is 0 Å². The fourth-order valence-corrected chi connectivity index (χ4v) is 4.18. The molecule has 8 heteroatoms. The van der Waals surface area contributed by atoms with Crippen LogP contribution in [0.4, 0.5) is 10.1 Å². The fourth-order valence-electron chi connectivity index (χ4n) is 4.18. The molecule has 2 aliphatic rings. The molecular formula is C23H36FN5O2. The van der Waals surface area contributed by atoms with Gasteiger partial charge in [-0.05, 0) is 51.0 Å². The van der Waals surface area contributed by atoms with Gasteiger partial charge in [-0.2, -0.15) is 0 Å². The van der Waals surface area contributed by atoms with Gasteiger partial charge in [-0.15, -0.1) is 0 Å². The van der Waals surface area contributed by atoms with Crippen molar-refractivity contribution in [3.05, 3.63) is 30.1 Å². The zero-order valence-electron chi connectivity index (χ0n) is 18.9. The number of carbonyl (C=O) groups excluding carboxylic acids is 1. The number of anilines is 1. The van der Waals surface area contributed by atoms with Gasteiger partial charge in [0.15, 0.2) is 5.96 Å². The third-order valence-electron chi connectivity index (χ3n) is 5.89. The van der Waals surface area contributed by atoms with Crippen LogP contribution in [-0.2, 0) is 9.53 Å². The molecule has 0 saturated carbocycles. The van der Waals surface area contributed by atoms with Gasteiger partial charge in [0.1, 0.15) is 5.82 Å². The fraction of sp³-hybridized carbons (Fsp3) is 0.652. The van der Waals surface area contributed by atoms with Crippen molar-refractivity contribution in [1.29, 1.82) is 0 Å². The van der Waals surface area contributed by atoms with Crippen LogP contribution in [0.25, 0.3) is 0 Å². The molecule has 0 bridgehead atoms. The van der Waals surface area contributed by atoms with E-state index in [0.29, 0.717) is 32.2 Å². The van der Waals surface area contributed by atoms with Crippen LogP contribution in [-0.4, -0.2) is 86.7 Å². The van der Waals surface area contributed by atoms with E-state index in [-0.39, 0.29) is 11.7 Å². The second-order valence-electron chi connectivity index (χ2n) is 7.97. The molecular weight excluding hydrogens is 397 g/mol. The molecule has 172 valence electrons. The number of amides is 1. The maximum absolute atomic E-state index is 13.1. The molecule has 1 aromatic rings. The van der Waals surface area contributed by atoms with Gasteiger partial charge in [0.05, 0.1) is 12.6 Å². The number of hydrogen-bond acceptors (Lipinski definition) is 4. The summed E-state index contributed by atoms with van der Waals surface area (Å²) in [7, 11) is 0. The summed E-state index contributed by atoms with van der Waals surface area (Å²) in [6.07, 6.45) is 2.78. The Morgan fingerprint density at radius 2 is 1.74 bits per heavy atom. The van der Waals surface area contributed by atoms with Gasteiger partial charge < -0.3 is 24.8 Å². The molecule has 1 aromatic carbocycles. The quantitative estimate of drug-likeness (QED) is 0.528. The number of ether oxygens (including phenoxy) is 1. The normalized spacial score (nSPS) is 18.4. The van der Waals surface area contributed by atoms with E-state index in [0.717, 1.165) is 63.8 Å². The SMILES string of the molecule is CCNC(=NCCC(=O)N1CCN(c2ccc(F)cc2)CC1)N1CCC(OCC)CC1. The van der Waals surface area contributed by atoms with Crippen molar-refractivity contribution < 1.29 is 13.9 Å². The number of piperazine rings is 1. The van der Waals surface area contributed by atoms with E-state index in [4.69, 9.17) is 9.73 Å². The van der Waals surface area contributed by atoms with E-state index >= 15 is 0 Å². The Kier molecular flexibility index (Phi) is 8.94. The van der Waals surface area contributed by atoms with Crippen molar-refractivity contribution in [1.82, 2.24) is 15.1 Å². The van der Waals surface area contributed by atoms with Crippen LogP contribution in [0, 0.1) is 5.82 Å². The smallest absolute Gasteiger partial charge is 0.224 e. The zero-order chi connectivity index (χ0) is 22.1. The Bertz CT molecular complexity index is 711. The Morgan fingerprint density at radius 1 is 1.06 bits per heavy atom. The van der Waals surface area contributed by atoms with Gasteiger partial charge in [-0.1, -0.05) is 0 Å². The number of rotatable bonds is 7. The molecule has 0 spiro atoms. The van der Waals surface area contributed by atoms with Crippen LogP contribution in [0.3, 0.4) is 0 Å². The van der Waals surface area contributed by atoms with Crippen LogP contribution < -0.4 is 10.2 Å². The molecule has 1 N–H and O–H groups in total. The summed E-state index contributed by atoms with van der Waals surface area (Å²) < 4.78 is 18.9. The summed E-state index contributed by atoms with van der Waals surface area (Å²) in [5.74, 6) is 0.813. The number of nitrogens with one attached hydrogen (secondary N) is 1. The van der Waals surface area contributed by atoms with Crippen molar-refractivity contribution in [2.24, 2.45) is 4.99 Å². The molecule has 0 aliphatic carbocycles. The summed E-state index contributed by atoms with van der Waals surface area (Å²) in [6.45, 7) is 10.9. The van der Waals surface area contributed by atoms with Crippen LogP contribution in [0.1, 0.15) is 33.1 Å². The monoisotopic (exact) mass is 433 g/mol. The number of carbonyl (C=O) groups is 1. The predicted octanol–water partition coefficient (Wildman–Crippen LogP) is 2.33. The van der Waals surface area contributed by atoms with Gasteiger partial charge in [0.25, 0.3) is 0 Å². The molecule has 2 heterocycles. The number of guanidine groups is 1. The lowest BCUT2D eigenvalue weighted by atomic mass is 10.1. The Hall–Kier alpha value is -2.35. The Labute approximate surface area is 185 Å². The lowest BCUT2D eigenvalue weighted by Gasteiger charge is -2.36. The molecule has 0 atom stereocenters. The van der Waals surface area contributed by atoms with Crippen molar-refractivity contribution in [2.75, 3.05) is 63.9 Å². The van der Waals surface area contributed by atoms with E-state index in [2.05, 4.69) is 22.0 Å². The standard InChI is InChI=1S/C23H36FN5O2/c1-3-25-23(29-13-10-21(11-14-29)31-4-2)26-12-9-22(30)28-17-15-27(16-18-28)20-7-5-19(24)6-8-20/h5-8,21H,3-4,9-18H2,1-2H3,(H,25,26). The predicted molar refractivity (Wildman–Crippen MR) is 122 cm³/mol. The first kappa shape index (κ1) is 23.3. The molecule has 7 nitrogen and oxygen atoms in total. The third kappa shape index (κ3) is 6.82. The molecule has 1 amide bonds. The number of hydrogen-bond donors (Lipinski definition) is 1. The summed E-state index contributed by atoms with van der Waals surface area (Å²) in [5, 5.41) is 3.36. The lowest BCUT2D eigenvalue weighted by Crippen LogP contribution is -2.49. The van der Waals surface area contributed by atoms with E-state index < -0.39 is 0 Å². The van der Waals surface area contributed by atoms with Gasteiger partial charge in [0.2, 0.25) is 5.91 Å². The summed E-state index contributed by atoms with van der Waals surface area (Å²) in [5.41, 5.74) is 1.00. The zero-order valence-corrected chi connectivity index (χ0v) is 18.9. The number of aliphatic imine (C=N–C) groups is 1. The van der Waals surface area contributed by atoms with Gasteiger partial charge in [-0.3, -0.25) is 9.79 Å². The first-order valence-corrected chi connectivity index (χ1v) is 11.5. The number of halogens is 1. The number of piperidine rings is 1. The highest BCUT2D eigenvalue weighted by Gasteiger charge is 2.23. The molecule has 31 heavy (non-hydrogen) atoms.